The first-order chi connectivity index (χ1) is 14.5. The highest BCUT2D eigenvalue weighted by Crippen LogP contribution is 2.39. The molecule has 0 radical (unpaired) electrons. The van der Waals surface area contributed by atoms with Gasteiger partial charge in [0, 0.05) is 6.42 Å². The molecule has 0 heterocycles. The molecule has 0 fully saturated rings. The van der Waals surface area contributed by atoms with Gasteiger partial charge in [-0.1, -0.05) is 25.7 Å². The Morgan fingerprint density at radius 1 is 0.719 bits per heavy atom. The second kappa shape index (κ2) is 11.9. The van der Waals surface area contributed by atoms with Gasteiger partial charge in [0.15, 0.2) is 0 Å². The summed E-state index contributed by atoms with van der Waals surface area (Å²) in [4.78, 5) is 44.8. The Balaban J connectivity index is 5.59. The summed E-state index contributed by atoms with van der Waals surface area (Å²) in [6.45, 7) is 1.51. The van der Waals surface area contributed by atoms with Crippen molar-refractivity contribution in [1.82, 2.24) is 0 Å². The van der Waals surface area contributed by atoms with Crippen molar-refractivity contribution in [2.75, 3.05) is 0 Å². The summed E-state index contributed by atoms with van der Waals surface area (Å²) in [5.74, 6) is -8.44. The van der Waals surface area contributed by atoms with Crippen LogP contribution in [-0.4, -0.2) is 58.7 Å². The Hall–Kier alpha value is -2.54. The third-order valence-electron chi connectivity index (χ3n) is 4.86. The summed E-state index contributed by atoms with van der Waals surface area (Å²) in [5.41, 5.74) is -2.61. The molecule has 0 saturated heterocycles. The van der Waals surface area contributed by atoms with Gasteiger partial charge in [-0.25, -0.2) is 9.59 Å². The highest BCUT2D eigenvalue weighted by atomic mass is 19.4. The monoisotopic (exact) mass is 482 g/mol. The van der Waals surface area contributed by atoms with Crippen LogP contribution < -0.4 is 0 Å². The molecule has 0 aromatic rings. The minimum atomic E-state index is -5.49. The molecule has 14 heteroatoms. The van der Waals surface area contributed by atoms with Gasteiger partial charge in [-0.15, -0.1) is 0 Å². The maximum atomic E-state index is 12.6. The molecule has 8 nitrogen and oxygen atoms in total. The summed E-state index contributed by atoms with van der Waals surface area (Å²) >= 11 is 0. The van der Waals surface area contributed by atoms with Crippen molar-refractivity contribution in [2.45, 2.75) is 83.4 Å². The van der Waals surface area contributed by atoms with Crippen LogP contribution in [0.5, 0.6) is 0 Å². The topological polar surface area (TPSA) is 127 Å². The molecule has 0 aliphatic rings. The second-order valence-corrected chi connectivity index (χ2v) is 7.10. The summed E-state index contributed by atoms with van der Waals surface area (Å²) in [5, 5.41) is 18.2. The summed E-state index contributed by atoms with van der Waals surface area (Å²) in [6, 6.07) is 0. The molecule has 0 spiro atoms. The number of rotatable bonds is 13. The third kappa shape index (κ3) is 8.91. The van der Waals surface area contributed by atoms with Crippen LogP contribution in [0.3, 0.4) is 0 Å². The van der Waals surface area contributed by atoms with Gasteiger partial charge < -0.3 is 19.7 Å². The Morgan fingerprint density at radius 2 is 1.09 bits per heavy atom. The van der Waals surface area contributed by atoms with Gasteiger partial charge in [-0.2, -0.15) is 26.3 Å². The fourth-order valence-electron chi connectivity index (χ4n) is 3.08. The Kier molecular flexibility index (Phi) is 11.0. The van der Waals surface area contributed by atoms with Gasteiger partial charge in [0.2, 0.25) is 0 Å². The van der Waals surface area contributed by atoms with Crippen LogP contribution in [0.25, 0.3) is 0 Å². The predicted molar refractivity (Wildman–Crippen MR) is 93.2 cm³/mol. The minimum absolute atomic E-state index is 0.0544. The van der Waals surface area contributed by atoms with E-state index in [2.05, 4.69) is 9.47 Å². The van der Waals surface area contributed by atoms with Crippen LogP contribution in [0, 0.1) is 5.41 Å². The SMILES string of the molecule is CC(OC(=O)C(F)(F)F)C(CCCCCCCC(=O)O)(C(=O)O)C(C)OC(=O)C(F)(F)F. The van der Waals surface area contributed by atoms with Crippen LogP contribution in [0.1, 0.15) is 58.8 Å². The number of ether oxygens (including phenoxy) is 2. The smallest absolute Gasteiger partial charge is 0.481 e. The Morgan fingerprint density at radius 3 is 1.44 bits per heavy atom. The normalized spacial score (nSPS) is 15.9. The zero-order valence-electron chi connectivity index (χ0n) is 17.2. The van der Waals surface area contributed by atoms with Gasteiger partial charge in [-0.05, 0) is 26.7 Å². The fraction of sp³-hybridized carbons (Fsp3) is 0.778. The number of carbonyl (C=O) groups excluding carboxylic acids is 2. The van der Waals surface area contributed by atoms with Crippen LogP contribution in [0.15, 0.2) is 0 Å². The van der Waals surface area contributed by atoms with Gasteiger partial charge in [0.1, 0.15) is 17.6 Å². The first-order valence-electron chi connectivity index (χ1n) is 9.47. The van der Waals surface area contributed by atoms with E-state index in [1.807, 2.05) is 0 Å². The van der Waals surface area contributed by atoms with E-state index in [4.69, 9.17) is 5.11 Å². The van der Waals surface area contributed by atoms with Crippen molar-refractivity contribution in [2.24, 2.45) is 5.41 Å². The van der Waals surface area contributed by atoms with Crippen LogP contribution in [0.2, 0.25) is 0 Å². The molecule has 0 amide bonds. The standard InChI is InChI=1S/C18H24F6O8/c1-10(31-14(29)17(19,20)21)16(13(27)28,11(2)32-15(30)18(22,23)24)9-7-5-3-4-6-8-12(25)26/h10-11H,3-9H2,1-2H3,(H,25,26)(H,27,28). The van der Waals surface area contributed by atoms with E-state index in [1.165, 1.54) is 0 Å². The molecule has 32 heavy (non-hydrogen) atoms. The number of carboxylic acid groups (broad SMARTS) is 2. The molecular formula is C18H24F6O8. The van der Waals surface area contributed by atoms with Crippen LogP contribution in [-0.2, 0) is 28.7 Å². The van der Waals surface area contributed by atoms with E-state index in [-0.39, 0.29) is 19.3 Å². The zero-order chi connectivity index (χ0) is 25.3. The van der Waals surface area contributed by atoms with Gasteiger partial charge >= 0.3 is 36.2 Å². The molecule has 0 bridgehead atoms. The molecule has 0 aliphatic heterocycles. The molecule has 2 unspecified atom stereocenters. The summed E-state index contributed by atoms with van der Waals surface area (Å²) in [7, 11) is 0. The quantitative estimate of drug-likeness (QED) is 0.230. The largest absolute Gasteiger partial charge is 0.490 e. The van der Waals surface area contributed by atoms with Crippen molar-refractivity contribution in [3.8, 4) is 0 Å². The number of hydrogen-bond acceptors (Lipinski definition) is 6. The van der Waals surface area contributed by atoms with Crippen molar-refractivity contribution in [3.05, 3.63) is 0 Å². The Labute approximate surface area is 178 Å². The van der Waals surface area contributed by atoms with Gasteiger partial charge in [0.05, 0.1) is 0 Å². The molecule has 0 saturated carbocycles. The number of aliphatic carboxylic acids is 2. The molecule has 186 valence electrons. The first-order valence-corrected chi connectivity index (χ1v) is 9.47. The highest BCUT2D eigenvalue weighted by molar-refractivity contribution is 5.80. The van der Waals surface area contributed by atoms with E-state index in [0.29, 0.717) is 19.3 Å². The molecule has 0 aliphatic carbocycles. The maximum Gasteiger partial charge on any atom is 0.490 e. The van der Waals surface area contributed by atoms with E-state index in [0.717, 1.165) is 13.8 Å². The number of carboxylic acids is 2. The van der Waals surface area contributed by atoms with Crippen molar-refractivity contribution in [3.63, 3.8) is 0 Å². The van der Waals surface area contributed by atoms with Crippen LogP contribution >= 0.6 is 0 Å². The Bertz CT molecular complexity index is 639. The highest BCUT2D eigenvalue weighted by Gasteiger charge is 2.55. The molecular weight excluding hydrogens is 458 g/mol. The van der Waals surface area contributed by atoms with Gasteiger partial charge in [-0.3, -0.25) is 9.59 Å². The number of hydrogen-bond donors (Lipinski definition) is 2. The minimum Gasteiger partial charge on any atom is -0.481 e. The predicted octanol–water partition coefficient (Wildman–Crippen LogP) is 3.86. The lowest BCUT2D eigenvalue weighted by molar-refractivity contribution is -0.226. The maximum absolute atomic E-state index is 12.6. The van der Waals surface area contributed by atoms with Crippen LogP contribution in [0.4, 0.5) is 26.3 Å². The molecule has 2 N–H and O–H groups in total. The summed E-state index contributed by atoms with van der Waals surface area (Å²) in [6.07, 6.45) is -14.6. The zero-order valence-corrected chi connectivity index (χ0v) is 17.2. The van der Waals surface area contributed by atoms with Crippen molar-refractivity contribution in [1.29, 1.82) is 0 Å². The first kappa shape index (κ1) is 29.5. The number of carbonyl (C=O) groups is 4. The van der Waals surface area contributed by atoms with Gasteiger partial charge in [0.25, 0.3) is 0 Å². The average Bonchev–Trinajstić information content (AvgIpc) is 2.61. The van der Waals surface area contributed by atoms with E-state index >= 15 is 0 Å². The van der Waals surface area contributed by atoms with Crippen molar-refractivity contribution >= 4 is 23.9 Å². The van der Waals surface area contributed by atoms with Crippen molar-refractivity contribution < 1.29 is 65.2 Å². The lowest BCUT2D eigenvalue weighted by Gasteiger charge is -2.39. The molecule has 0 aromatic heterocycles. The molecule has 0 rings (SSSR count). The van der Waals surface area contributed by atoms with E-state index in [1.54, 1.807) is 0 Å². The average molecular weight is 482 g/mol. The number of halogens is 6. The fourth-order valence-corrected chi connectivity index (χ4v) is 3.08. The molecule has 2 atom stereocenters. The third-order valence-corrected chi connectivity index (χ3v) is 4.86. The van der Waals surface area contributed by atoms with E-state index < -0.39 is 60.3 Å². The number of alkyl halides is 6. The second-order valence-electron chi connectivity index (χ2n) is 7.10. The lowest BCUT2D eigenvalue weighted by atomic mass is 9.73. The summed E-state index contributed by atoms with van der Waals surface area (Å²) < 4.78 is 83.6. The number of esters is 2. The van der Waals surface area contributed by atoms with E-state index in [9.17, 15) is 50.6 Å². The number of unbranched alkanes of at least 4 members (excludes halogenated alkanes) is 4. The molecule has 0 aromatic carbocycles. The lowest BCUT2D eigenvalue weighted by Crippen LogP contribution is -2.53.